The molecule has 1 aliphatic heterocycles. The van der Waals surface area contributed by atoms with Crippen LogP contribution in [0.1, 0.15) is 16.9 Å². The Balaban J connectivity index is 2.14. The van der Waals surface area contributed by atoms with Crippen molar-refractivity contribution in [2.24, 2.45) is 0 Å². The maximum atomic E-state index is 12.4. The van der Waals surface area contributed by atoms with Crippen LogP contribution in [0.4, 0.5) is 0 Å². The highest BCUT2D eigenvalue weighted by molar-refractivity contribution is 9.10. The highest BCUT2D eigenvalue weighted by Crippen LogP contribution is 2.21. The molecule has 6 heteroatoms. The molecule has 1 amide bonds. The Morgan fingerprint density at radius 1 is 1.58 bits per heavy atom. The van der Waals surface area contributed by atoms with Crippen molar-refractivity contribution in [2.75, 3.05) is 27.2 Å². The number of aromatic nitrogens is 1. The molecule has 0 spiro atoms. The number of carbonyl (C=O) groups excluding carboxylic acids is 1. The molecule has 104 valence electrons. The van der Waals surface area contributed by atoms with Gasteiger partial charge in [-0.3, -0.25) is 4.79 Å². The maximum Gasteiger partial charge on any atom is 0.272 e. The maximum absolute atomic E-state index is 12.4. The minimum Gasteiger partial charge on any atom is -0.391 e. The Labute approximate surface area is 121 Å². The van der Waals surface area contributed by atoms with Gasteiger partial charge in [-0.25, -0.2) is 4.98 Å². The van der Waals surface area contributed by atoms with E-state index in [-0.39, 0.29) is 11.9 Å². The molecule has 0 bridgehead atoms. The van der Waals surface area contributed by atoms with Crippen molar-refractivity contribution in [2.45, 2.75) is 18.6 Å². The highest BCUT2D eigenvalue weighted by atomic mass is 79.9. The zero-order valence-corrected chi connectivity index (χ0v) is 12.7. The van der Waals surface area contributed by atoms with Crippen LogP contribution in [-0.2, 0) is 0 Å². The zero-order valence-electron chi connectivity index (χ0n) is 11.1. The van der Waals surface area contributed by atoms with Crippen LogP contribution in [0.2, 0.25) is 0 Å². The van der Waals surface area contributed by atoms with Crippen molar-refractivity contribution in [1.29, 1.82) is 0 Å². The highest BCUT2D eigenvalue weighted by Gasteiger charge is 2.35. The minimum atomic E-state index is -0.440. The van der Waals surface area contributed by atoms with Crippen LogP contribution >= 0.6 is 15.9 Å². The summed E-state index contributed by atoms with van der Waals surface area (Å²) in [6.07, 6.45) is 1.80. The number of aliphatic hydroxyl groups excluding tert-OH is 1. The molecule has 2 unspecified atom stereocenters. The summed E-state index contributed by atoms with van der Waals surface area (Å²) in [6.45, 7) is 1.13. The number of carbonyl (C=O) groups is 1. The van der Waals surface area contributed by atoms with Gasteiger partial charge in [0.15, 0.2) is 0 Å². The molecule has 1 aromatic heterocycles. The van der Waals surface area contributed by atoms with Crippen LogP contribution in [0, 0.1) is 0 Å². The summed E-state index contributed by atoms with van der Waals surface area (Å²) in [5.41, 5.74) is 0.418. The topological polar surface area (TPSA) is 56.7 Å². The van der Waals surface area contributed by atoms with E-state index in [9.17, 15) is 9.90 Å². The third kappa shape index (κ3) is 3.52. The number of likely N-dealkylation sites (N-methyl/N-ethyl adjacent to an activating group) is 1. The molecule has 2 atom stereocenters. The number of hydrogen-bond donors (Lipinski definition) is 1. The molecule has 0 radical (unpaired) electrons. The number of pyridine rings is 1. The number of likely N-dealkylation sites (tertiary alicyclic amines) is 1. The number of halogens is 1. The minimum absolute atomic E-state index is 0.0444. The van der Waals surface area contributed by atoms with Crippen LogP contribution in [0.3, 0.4) is 0 Å². The van der Waals surface area contributed by atoms with Gasteiger partial charge in [0.1, 0.15) is 5.69 Å². The SMILES string of the molecule is CN(C)CC1CC(O)CN1C(=O)c1ccc(Br)cn1. The van der Waals surface area contributed by atoms with Gasteiger partial charge in [-0.05, 0) is 48.6 Å². The normalized spacial score (nSPS) is 23.1. The first kappa shape index (κ1) is 14.4. The van der Waals surface area contributed by atoms with Gasteiger partial charge in [-0.1, -0.05) is 0 Å². The Bertz CT molecular complexity index is 450. The average Bonchev–Trinajstić information content (AvgIpc) is 2.69. The lowest BCUT2D eigenvalue weighted by molar-refractivity contribution is 0.0693. The Hall–Kier alpha value is -0.980. The van der Waals surface area contributed by atoms with Crippen molar-refractivity contribution in [3.63, 3.8) is 0 Å². The number of hydrogen-bond acceptors (Lipinski definition) is 4. The van der Waals surface area contributed by atoms with E-state index in [0.717, 1.165) is 11.0 Å². The monoisotopic (exact) mass is 327 g/mol. The predicted molar refractivity (Wildman–Crippen MR) is 75.9 cm³/mol. The fraction of sp³-hybridized carbons (Fsp3) is 0.538. The number of aliphatic hydroxyl groups is 1. The molecule has 1 aromatic rings. The molecule has 0 aliphatic carbocycles. The Morgan fingerprint density at radius 2 is 2.32 bits per heavy atom. The molecular formula is C13H18BrN3O2. The lowest BCUT2D eigenvalue weighted by Crippen LogP contribution is -2.41. The first-order chi connectivity index (χ1) is 8.97. The summed E-state index contributed by atoms with van der Waals surface area (Å²) in [5, 5.41) is 9.78. The van der Waals surface area contributed by atoms with Gasteiger partial charge in [0.05, 0.1) is 6.10 Å². The first-order valence-corrected chi connectivity index (χ1v) is 7.02. The molecule has 2 heterocycles. The van der Waals surface area contributed by atoms with Gasteiger partial charge < -0.3 is 14.9 Å². The van der Waals surface area contributed by atoms with E-state index in [1.807, 2.05) is 19.0 Å². The van der Waals surface area contributed by atoms with E-state index < -0.39 is 6.10 Å². The third-order valence-electron chi connectivity index (χ3n) is 3.18. The molecule has 19 heavy (non-hydrogen) atoms. The van der Waals surface area contributed by atoms with Crippen molar-refractivity contribution in [3.8, 4) is 0 Å². The standard InChI is InChI=1S/C13H18BrN3O2/c1-16(2)7-10-5-11(18)8-17(10)13(19)12-4-3-9(14)6-15-12/h3-4,6,10-11,18H,5,7-8H2,1-2H3. The lowest BCUT2D eigenvalue weighted by Gasteiger charge is -2.26. The average molecular weight is 328 g/mol. The van der Waals surface area contributed by atoms with Gasteiger partial charge in [0.2, 0.25) is 0 Å². The summed E-state index contributed by atoms with van der Waals surface area (Å²) < 4.78 is 0.843. The molecule has 1 fully saturated rings. The van der Waals surface area contributed by atoms with Crippen molar-refractivity contribution in [1.82, 2.24) is 14.8 Å². The predicted octanol–water partition coefficient (Wildman–Crippen LogP) is 0.981. The van der Waals surface area contributed by atoms with Crippen molar-refractivity contribution < 1.29 is 9.90 Å². The van der Waals surface area contributed by atoms with Gasteiger partial charge in [0, 0.05) is 29.8 Å². The number of β-amino-alcohol motifs (C(OH)–C–C–N with tert-alkyl or cyclic N) is 1. The molecule has 1 saturated heterocycles. The van der Waals surface area contributed by atoms with Crippen molar-refractivity contribution >= 4 is 21.8 Å². The molecule has 0 saturated carbocycles. The van der Waals surface area contributed by atoms with Gasteiger partial charge in [-0.15, -0.1) is 0 Å². The van der Waals surface area contributed by atoms with Crippen LogP contribution in [-0.4, -0.2) is 65.1 Å². The van der Waals surface area contributed by atoms with Crippen LogP contribution in [0.25, 0.3) is 0 Å². The number of amides is 1. The Morgan fingerprint density at radius 3 is 2.89 bits per heavy atom. The molecule has 1 aliphatic rings. The quantitative estimate of drug-likeness (QED) is 0.899. The fourth-order valence-corrected chi connectivity index (χ4v) is 2.62. The molecular weight excluding hydrogens is 310 g/mol. The first-order valence-electron chi connectivity index (χ1n) is 6.22. The molecule has 5 nitrogen and oxygen atoms in total. The summed E-state index contributed by atoms with van der Waals surface area (Å²) in [7, 11) is 3.93. The Kier molecular flexibility index (Phi) is 4.54. The van der Waals surface area contributed by atoms with E-state index >= 15 is 0 Å². The molecule has 1 N–H and O–H groups in total. The number of nitrogens with zero attached hydrogens (tertiary/aromatic N) is 3. The van der Waals surface area contributed by atoms with E-state index in [1.165, 1.54) is 0 Å². The summed E-state index contributed by atoms with van der Waals surface area (Å²) in [6, 6.07) is 3.54. The summed E-state index contributed by atoms with van der Waals surface area (Å²) in [5.74, 6) is -0.115. The lowest BCUT2D eigenvalue weighted by atomic mass is 10.2. The van der Waals surface area contributed by atoms with E-state index in [4.69, 9.17) is 0 Å². The van der Waals surface area contributed by atoms with Gasteiger partial charge >= 0.3 is 0 Å². The van der Waals surface area contributed by atoms with Gasteiger partial charge in [-0.2, -0.15) is 0 Å². The van der Waals surface area contributed by atoms with Crippen molar-refractivity contribution in [3.05, 3.63) is 28.5 Å². The number of rotatable bonds is 3. The smallest absolute Gasteiger partial charge is 0.272 e. The largest absolute Gasteiger partial charge is 0.391 e. The summed E-state index contributed by atoms with van der Waals surface area (Å²) in [4.78, 5) is 20.3. The summed E-state index contributed by atoms with van der Waals surface area (Å²) >= 11 is 3.30. The second-order valence-electron chi connectivity index (χ2n) is 5.12. The van der Waals surface area contributed by atoms with Crippen LogP contribution in [0.5, 0.6) is 0 Å². The fourth-order valence-electron chi connectivity index (χ4n) is 2.38. The van der Waals surface area contributed by atoms with Gasteiger partial charge in [0.25, 0.3) is 5.91 Å². The second-order valence-corrected chi connectivity index (χ2v) is 6.04. The third-order valence-corrected chi connectivity index (χ3v) is 3.64. The van der Waals surface area contributed by atoms with E-state index in [1.54, 1.807) is 23.2 Å². The molecule has 2 rings (SSSR count). The zero-order chi connectivity index (χ0) is 14.0. The van der Waals surface area contributed by atoms with E-state index in [0.29, 0.717) is 18.7 Å². The van der Waals surface area contributed by atoms with Crippen LogP contribution in [0.15, 0.2) is 22.8 Å². The molecule has 0 aromatic carbocycles. The second kappa shape index (κ2) is 5.98. The van der Waals surface area contributed by atoms with E-state index in [2.05, 4.69) is 20.9 Å². The van der Waals surface area contributed by atoms with Crippen LogP contribution < -0.4 is 0 Å².